The third-order valence-corrected chi connectivity index (χ3v) is 2.84. The third-order valence-electron chi connectivity index (χ3n) is 2.84. The maximum atomic E-state index is 13.5. The molecule has 2 amide bonds. The van der Waals surface area contributed by atoms with Gasteiger partial charge in [0.05, 0.1) is 19.4 Å². The number of nitrogens with two attached hydrogens (primary N) is 2. The van der Waals surface area contributed by atoms with E-state index in [9.17, 15) is 28.6 Å². The van der Waals surface area contributed by atoms with E-state index in [1.165, 1.54) is 0 Å². The zero-order chi connectivity index (χ0) is 16.9. The lowest BCUT2D eigenvalue weighted by Gasteiger charge is -2.31. The number of rotatable bonds is 8. The molecule has 0 aliphatic heterocycles. The molecule has 0 saturated carbocycles. The quantitative estimate of drug-likeness (QED) is 0.469. The summed E-state index contributed by atoms with van der Waals surface area (Å²) in [4.78, 5) is 21.7. The van der Waals surface area contributed by atoms with Crippen molar-refractivity contribution in [2.75, 3.05) is 0 Å². The molecule has 0 aromatic heterocycles. The standard InChI is InChI=1S/C13H16F2N2O5/c14-8-2-1-7(9(15)3-8)6-22-13(21,5-12(17)20)10(18)4-11(16)19/h1-3,10,18,21H,4-6H2,(H2,16,19)(H2,17,20). The Morgan fingerprint density at radius 3 is 2.41 bits per heavy atom. The number of hydrogen-bond donors (Lipinski definition) is 4. The zero-order valence-corrected chi connectivity index (χ0v) is 11.5. The van der Waals surface area contributed by atoms with Gasteiger partial charge >= 0.3 is 0 Å². The Morgan fingerprint density at radius 2 is 1.91 bits per heavy atom. The molecule has 0 radical (unpaired) electrons. The highest BCUT2D eigenvalue weighted by atomic mass is 19.1. The zero-order valence-electron chi connectivity index (χ0n) is 11.5. The van der Waals surface area contributed by atoms with E-state index >= 15 is 0 Å². The maximum Gasteiger partial charge on any atom is 0.222 e. The highest BCUT2D eigenvalue weighted by Crippen LogP contribution is 2.23. The fourth-order valence-corrected chi connectivity index (χ4v) is 1.71. The number of benzene rings is 1. The predicted molar refractivity (Wildman–Crippen MR) is 69.7 cm³/mol. The Morgan fingerprint density at radius 1 is 1.27 bits per heavy atom. The fourth-order valence-electron chi connectivity index (χ4n) is 1.71. The molecule has 0 saturated heterocycles. The Labute approximate surface area is 124 Å². The van der Waals surface area contributed by atoms with Gasteiger partial charge in [0, 0.05) is 11.6 Å². The first-order chi connectivity index (χ1) is 10.1. The molecule has 9 heteroatoms. The second kappa shape index (κ2) is 7.25. The summed E-state index contributed by atoms with van der Waals surface area (Å²) in [5, 5.41) is 19.9. The monoisotopic (exact) mass is 318 g/mol. The van der Waals surface area contributed by atoms with Crippen LogP contribution in [0.25, 0.3) is 0 Å². The summed E-state index contributed by atoms with van der Waals surface area (Å²) in [6.45, 7) is -0.592. The van der Waals surface area contributed by atoms with E-state index in [2.05, 4.69) is 0 Å². The van der Waals surface area contributed by atoms with Crippen LogP contribution in [0.1, 0.15) is 18.4 Å². The summed E-state index contributed by atoms with van der Waals surface area (Å²) in [6, 6.07) is 2.64. The minimum Gasteiger partial charge on any atom is -0.387 e. The van der Waals surface area contributed by atoms with Crippen LogP contribution in [-0.2, 0) is 20.9 Å². The SMILES string of the molecule is NC(=O)CC(O)C(O)(CC(N)=O)OCc1ccc(F)cc1F. The van der Waals surface area contributed by atoms with Crippen LogP contribution in [0, 0.1) is 11.6 Å². The molecule has 2 atom stereocenters. The second-order valence-corrected chi connectivity index (χ2v) is 4.70. The van der Waals surface area contributed by atoms with Gasteiger partial charge in [-0.3, -0.25) is 9.59 Å². The molecule has 0 aliphatic rings. The summed E-state index contributed by atoms with van der Waals surface area (Å²) in [5.74, 6) is -6.24. The van der Waals surface area contributed by atoms with Crippen LogP contribution >= 0.6 is 0 Å². The van der Waals surface area contributed by atoms with E-state index in [4.69, 9.17) is 16.2 Å². The normalized spacial score (nSPS) is 15.1. The first-order valence-corrected chi connectivity index (χ1v) is 6.19. The van der Waals surface area contributed by atoms with Gasteiger partial charge in [-0.2, -0.15) is 0 Å². The molecule has 0 bridgehead atoms. The predicted octanol–water partition coefficient (Wildman–Crippen LogP) is -0.718. The number of aliphatic hydroxyl groups excluding tert-OH is 1. The second-order valence-electron chi connectivity index (χ2n) is 4.70. The molecular weight excluding hydrogens is 302 g/mol. The Kier molecular flexibility index (Phi) is 5.92. The number of aliphatic hydroxyl groups is 2. The van der Waals surface area contributed by atoms with Crippen molar-refractivity contribution in [3.8, 4) is 0 Å². The van der Waals surface area contributed by atoms with Gasteiger partial charge in [-0.1, -0.05) is 6.07 Å². The van der Waals surface area contributed by atoms with Gasteiger partial charge in [0.15, 0.2) is 0 Å². The summed E-state index contributed by atoms with van der Waals surface area (Å²) >= 11 is 0. The van der Waals surface area contributed by atoms with Crippen molar-refractivity contribution in [3.63, 3.8) is 0 Å². The Hall–Kier alpha value is -2.10. The summed E-state index contributed by atoms with van der Waals surface area (Å²) < 4.78 is 31.2. The highest BCUT2D eigenvalue weighted by molar-refractivity contribution is 5.76. The molecular formula is C13H16F2N2O5. The van der Waals surface area contributed by atoms with Crippen LogP contribution in [0.4, 0.5) is 8.78 Å². The molecule has 2 unspecified atom stereocenters. The van der Waals surface area contributed by atoms with E-state index in [1.54, 1.807) is 0 Å². The molecule has 0 fully saturated rings. The molecule has 22 heavy (non-hydrogen) atoms. The first kappa shape index (κ1) is 18.0. The van der Waals surface area contributed by atoms with Crippen molar-refractivity contribution < 1.29 is 33.3 Å². The molecule has 6 N–H and O–H groups in total. The van der Waals surface area contributed by atoms with Crippen molar-refractivity contribution in [2.24, 2.45) is 11.5 Å². The van der Waals surface area contributed by atoms with Gasteiger partial charge in [-0.15, -0.1) is 0 Å². The van der Waals surface area contributed by atoms with Gasteiger partial charge in [0.2, 0.25) is 17.6 Å². The average Bonchev–Trinajstić information content (AvgIpc) is 2.36. The number of carbonyl (C=O) groups excluding carboxylic acids is 2. The minimum atomic E-state index is -2.53. The van der Waals surface area contributed by atoms with Crippen molar-refractivity contribution >= 4 is 11.8 Å². The van der Waals surface area contributed by atoms with Crippen LogP contribution < -0.4 is 11.5 Å². The van der Waals surface area contributed by atoms with Crippen LogP contribution in [-0.4, -0.2) is 33.9 Å². The van der Waals surface area contributed by atoms with Crippen molar-refractivity contribution in [3.05, 3.63) is 35.4 Å². The number of ether oxygens (including phenoxy) is 1. The first-order valence-electron chi connectivity index (χ1n) is 6.19. The molecule has 0 heterocycles. The molecule has 122 valence electrons. The van der Waals surface area contributed by atoms with Gasteiger partial charge < -0.3 is 26.4 Å². The minimum absolute atomic E-state index is 0.129. The van der Waals surface area contributed by atoms with Crippen molar-refractivity contribution in [1.29, 1.82) is 0 Å². The summed E-state index contributed by atoms with van der Waals surface area (Å²) in [5.41, 5.74) is 9.69. The highest BCUT2D eigenvalue weighted by Gasteiger charge is 2.39. The largest absolute Gasteiger partial charge is 0.387 e. The molecule has 1 rings (SSSR count). The Bertz CT molecular complexity index is 569. The fraction of sp³-hybridized carbons (Fsp3) is 0.385. The van der Waals surface area contributed by atoms with Crippen LogP contribution in [0.2, 0.25) is 0 Å². The summed E-state index contributed by atoms with van der Waals surface area (Å²) in [7, 11) is 0. The lowest BCUT2D eigenvalue weighted by Crippen LogP contribution is -2.49. The topological polar surface area (TPSA) is 136 Å². The number of halogens is 2. The molecule has 0 aliphatic carbocycles. The van der Waals surface area contributed by atoms with Crippen LogP contribution in [0.3, 0.4) is 0 Å². The smallest absolute Gasteiger partial charge is 0.222 e. The van der Waals surface area contributed by atoms with Crippen molar-refractivity contribution in [2.45, 2.75) is 31.3 Å². The van der Waals surface area contributed by atoms with Crippen molar-refractivity contribution in [1.82, 2.24) is 0 Å². The Balaban J connectivity index is 2.88. The molecule has 1 aromatic carbocycles. The van der Waals surface area contributed by atoms with E-state index in [0.717, 1.165) is 12.1 Å². The van der Waals surface area contributed by atoms with Gasteiger partial charge in [0.1, 0.15) is 17.7 Å². The van der Waals surface area contributed by atoms with Gasteiger partial charge in [0.25, 0.3) is 0 Å². The van der Waals surface area contributed by atoms with Crippen LogP contribution in [0.5, 0.6) is 0 Å². The summed E-state index contributed by atoms with van der Waals surface area (Å²) in [6.07, 6.45) is -3.39. The molecule has 7 nitrogen and oxygen atoms in total. The number of carbonyl (C=O) groups is 2. The lowest BCUT2D eigenvalue weighted by atomic mass is 10.0. The van der Waals surface area contributed by atoms with Gasteiger partial charge in [-0.05, 0) is 6.07 Å². The van der Waals surface area contributed by atoms with E-state index in [-0.39, 0.29) is 5.56 Å². The number of primary amides is 2. The number of amides is 2. The number of hydrogen-bond acceptors (Lipinski definition) is 5. The maximum absolute atomic E-state index is 13.5. The molecule has 1 aromatic rings. The third kappa shape index (κ3) is 5.02. The average molecular weight is 318 g/mol. The van der Waals surface area contributed by atoms with E-state index in [1.807, 2.05) is 0 Å². The van der Waals surface area contributed by atoms with E-state index < -0.39 is 54.8 Å². The van der Waals surface area contributed by atoms with E-state index in [0.29, 0.717) is 6.07 Å². The molecule has 0 spiro atoms. The lowest BCUT2D eigenvalue weighted by molar-refractivity contribution is -0.263. The van der Waals surface area contributed by atoms with Gasteiger partial charge in [-0.25, -0.2) is 8.78 Å². The van der Waals surface area contributed by atoms with Crippen LogP contribution in [0.15, 0.2) is 18.2 Å².